The molecule has 6 aromatic carbocycles. The maximum atomic E-state index is 4.05. The summed E-state index contributed by atoms with van der Waals surface area (Å²) in [5.41, 5.74) is 6.86. The molecule has 0 fully saturated rings. The lowest BCUT2D eigenvalue weighted by Crippen LogP contribution is -2.09. The van der Waals surface area contributed by atoms with Crippen LogP contribution in [0.4, 0.5) is 17.1 Å². The SMILES string of the molecule is C=Cc1ccc2ccccc2c1/C=C/c1cccc(N(c2ccccc2)c2ccc3c(c2)sc2ccccc23)c1. The molecular formula is C38H27NS. The highest BCUT2D eigenvalue weighted by Crippen LogP contribution is 2.40. The minimum atomic E-state index is 1.12. The summed E-state index contributed by atoms with van der Waals surface area (Å²) < 4.78 is 2.61. The number of thiophene rings is 1. The first-order valence-corrected chi connectivity index (χ1v) is 14.3. The number of para-hydroxylation sites is 1. The number of anilines is 3. The monoisotopic (exact) mass is 529 g/mol. The Balaban J connectivity index is 1.33. The Kier molecular flexibility index (Phi) is 6.24. The van der Waals surface area contributed by atoms with E-state index in [-0.39, 0.29) is 0 Å². The van der Waals surface area contributed by atoms with Gasteiger partial charge < -0.3 is 4.90 Å². The van der Waals surface area contributed by atoms with Gasteiger partial charge in [0.1, 0.15) is 0 Å². The van der Waals surface area contributed by atoms with Gasteiger partial charge in [0.05, 0.1) is 0 Å². The minimum Gasteiger partial charge on any atom is -0.310 e. The van der Waals surface area contributed by atoms with Gasteiger partial charge in [-0.1, -0.05) is 116 Å². The van der Waals surface area contributed by atoms with Gasteiger partial charge in [-0.2, -0.15) is 0 Å². The molecule has 0 spiro atoms. The van der Waals surface area contributed by atoms with Gasteiger partial charge in [0.25, 0.3) is 0 Å². The van der Waals surface area contributed by atoms with Crippen LogP contribution in [0.15, 0.2) is 140 Å². The Morgan fingerprint density at radius 3 is 2.12 bits per heavy atom. The smallest absolute Gasteiger partial charge is 0.0476 e. The third-order valence-corrected chi connectivity index (χ3v) is 8.56. The molecule has 7 aromatic rings. The second-order valence-electron chi connectivity index (χ2n) is 9.87. The summed E-state index contributed by atoms with van der Waals surface area (Å²) in [6, 6.07) is 47.7. The highest BCUT2D eigenvalue weighted by atomic mass is 32.1. The second kappa shape index (κ2) is 10.3. The average Bonchev–Trinajstić information content (AvgIpc) is 3.38. The van der Waals surface area contributed by atoms with Crippen molar-refractivity contribution >= 4 is 77.6 Å². The zero-order valence-electron chi connectivity index (χ0n) is 22.0. The summed E-state index contributed by atoms with van der Waals surface area (Å²) in [6.45, 7) is 4.05. The van der Waals surface area contributed by atoms with Crippen molar-refractivity contribution in [2.45, 2.75) is 0 Å². The summed E-state index contributed by atoms with van der Waals surface area (Å²) in [5.74, 6) is 0. The van der Waals surface area contributed by atoms with Crippen molar-refractivity contribution < 1.29 is 0 Å². The number of fused-ring (bicyclic) bond motifs is 4. The van der Waals surface area contributed by atoms with Gasteiger partial charge in [0.2, 0.25) is 0 Å². The van der Waals surface area contributed by atoms with Crippen LogP contribution in [0.2, 0.25) is 0 Å². The predicted molar refractivity (Wildman–Crippen MR) is 177 cm³/mol. The normalized spacial score (nSPS) is 11.5. The van der Waals surface area contributed by atoms with Gasteiger partial charge in [-0.25, -0.2) is 0 Å². The van der Waals surface area contributed by atoms with Crippen molar-refractivity contribution in [1.82, 2.24) is 0 Å². The van der Waals surface area contributed by atoms with Crippen LogP contribution in [0.25, 0.3) is 49.2 Å². The Hall–Kier alpha value is -4.92. The number of hydrogen-bond acceptors (Lipinski definition) is 2. The first-order valence-electron chi connectivity index (χ1n) is 13.5. The summed E-state index contributed by atoms with van der Waals surface area (Å²) in [7, 11) is 0. The highest BCUT2D eigenvalue weighted by molar-refractivity contribution is 7.25. The van der Waals surface area contributed by atoms with E-state index in [1.165, 1.54) is 36.5 Å². The first-order chi connectivity index (χ1) is 19.8. The van der Waals surface area contributed by atoms with E-state index in [0.717, 1.165) is 28.2 Å². The Bertz CT molecular complexity index is 2030. The van der Waals surface area contributed by atoms with Crippen LogP contribution < -0.4 is 4.90 Å². The Morgan fingerprint density at radius 1 is 0.525 bits per heavy atom. The highest BCUT2D eigenvalue weighted by Gasteiger charge is 2.14. The molecular weight excluding hydrogens is 502 g/mol. The Labute approximate surface area is 238 Å². The van der Waals surface area contributed by atoms with Crippen molar-refractivity contribution in [3.05, 3.63) is 157 Å². The lowest BCUT2D eigenvalue weighted by Gasteiger charge is -2.26. The summed E-state index contributed by atoms with van der Waals surface area (Å²) in [5, 5.41) is 5.09. The average molecular weight is 530 g/mol. The van der Waals surface area contributed by atoms with Crippen LogP contribution in [0.5, 0.6) is 0 Å². The lowest BCUT2D eigenvalue weighted by molar-refractivity contribution is 1.29. The molecule has 0 aliphatic heterocycles. The van der Waals surface area contributed by atoms with E-state index in [1.807, 2.05) is 17.4 Å². The molecule has 0 aliphatic rings. The fourth-order valence-corrected chi connectivity index (χ4v) is 6.64. The molecule has 0 radical (unpaired) electrons. The topological polar surface area (TPSA) is 3.24 Å². The van der Waals surface area contributed by atoms with Gasteiger partial charge in [0, 0.05) is 37.2 Å². The van der Waals surface area contributed by atoms with Crippen molar-refractivity contribution in [2.75, 3.05) is 4.90 Å². The van der Waals surface area contributed by atoms with Crippen LogP contribution in [0.1, 0.15) is 16.7 Å². The number of benzene rings is 6. The minimum absolute atomic E-state index is 1.12. The zero-order valence-corrected chi connectivity index (χ0v) is 22.8. The molecule has 0 amide bonds. The third kappa shape index (κ3) is 4.39. The van der Waals surface area contributed by atoms with Gasteiger partial charge in [0.15, 0.2) is 0 Å². The van der Waals surface area contributed by atoms with Crippen molar-refractivity contribution in [2.24, 2.45) is 0 Å². The predicted octanol–water partition coefficient (Wildman–Crippen LogP) is 11.5. The molecule has 0 unspecified atom stereocenters. The standard InChI is InChI=1S/C38H27NS/c1-2-28-20-21-29-12-6-7-16-33(29)34(28)23-19-27-11-10-15-31(25-27)39(30-13-4-3-5-14-30)32-22-24-36-35-17-8-9-18-37(35)40-38(36)26-32/h2-26H,1H2/b23-19+. The molecule has 190 valence electrons. The summed E-state index contributed by atoms with van der Waals surface area (Å²) in [4.78, 5) is 2.34. The molecule has 1 aromatic heterocycles. The fourth-order valence-electron chi connectivity index (χ4n) is 5.50. The van der Waals surface area contributed by atoms with E-state index in [2.05, 4.69) is 157 Å². The van der Waals surface area contributed by atoms with Crippen LogP contribution in [-0.2, 0) is 0 Å². The van der Waals surface area contributed by atoms with Gasteiger partial charge in [-0.15, -0.1) is 11.3 Å². The molecule has 40 heavy (non-hydrogen) atoms. The fraction of sp³-hybridized carbons (Fsp3) is 0. The van der Waals surface area contributed by atoms with E-state index in [9.17, 15) is 0 Å². The van der Waals surface area contributed by atoms with E-state index in [1.54, 1.807) is 0 Å². The lowest BCUT2D eigenvalue weighted by atomic mass is 9.98. The van der Waals surface area contributed by atoms with E-state index >= 15 is 0 Å². The van der Waals surface area contributed by atoms with E-state index < -0.39 is 0 Å². The van der Waals surface area contributed by atoms with Crippen molar-refractivity contribution in [3.63, 3.8) is 0 Å². The van der Waals surface area contributed by atoms with E-state index in [4.69, 9.17) is 0 Å². The molecule has 0 saturated carbocycles. The summed E-state index contributed by atoms with van der Waals surface area (Å²) >= 11 is 1.85. The van der Waals surface area contributed by atoms with Crippen LogP contribution in [0, 0.1) is 0 Å². The largest absolute Gasteiger partial charge is 0.310 e. The molecule has 7 rings (SSSR count). The van der Waals surface area contributed by atoms with Gasteiger partial charge >= 0.3 is 0 Å². The quantitative estimate of drug-likeness (QED) is 0.194. The first kappa shape index (κ1) is 24.1. The molecule has 1 heterocycles. The second-order valence-corrected chi connectivity index (χ2v) is 11.0. The molecule has 0 saturated heterocycles. The van der Waals surface area contributed by atoms with Crippen molar-refractivity contribution in [1.29, 1.82) is 0 Å². The van der Waals surface area contributed by atoms with Crippen LogP contribution in [-0.4, -0.2) is 0 Å². The van der Waals surface area contributed by atoms with Crippen LogP contribution >= 0.6 is 11.3 Å². The molecule has 2 heteroatoms. The van der Waals surface area contributed by atoms with Crippen LogP contribution in [0.3, 0.4) is 0 Å². The molecule has 0 aliphatic carbocycles. The number of rotatable bonds is 6. The summed E-state index contributed by atoms with van der Waals surface area (Å²) in [6.07, 6.45) is 6.36. The molecule has 1 nitrogen and oxygen atoms in total. The third-order valence-electron chi connectivity index (χ3n) is 7.43. The zero-order chi connectivity index (χ0) is 26.9. The molecule has 0 N–H and O–H groups in total. The van der Waals surface area contributed by atoms with Gasteiger partial charge in [-0.05, 0) is 69.9 Å². The van der Waals surface area contributed by atoms with Crippen molar-refractivity contribution in [3.8, 4) is 0 Å². The maximum absolute atomic E-state index is 4.05. The Morgan fingerprint density at radius 2 is 1.25 bits per heavy atom. The number of hydrogen-bond donors (Lipinski definition) is 0. The van der Waals surface area contributed by atoms with E-state index in [0.29, 0.717) is 0 Å². The van der Waals surface area contributed by atoms with Gasteiger partial charge in [-0.3, -0.25) is 0 Å². The number of nitrogens with zero attached hydrogens (tertiary/aromatic N) is 1. The maximum Gasteiger partial charge on any atom is 0.0476 e. The molecule has 0 atom stereocenters. The molecule has 0 bridgehead atoms.